The van der Waals surface area contributed by atoms with E-state index in [1.165, 1.54) is 5.56 Å². The van der Waals surface area contributed by atoms with Gasteiger partial charge in [0.05, 0.1) is 25.1 Å². The van der Waals surface area contributed by atoms with Crippen LogP contribution >= 0.6 is 0 Å². The van der Waals surface area contributed by atoms with Gasteiger partial charge in [-0.3, -0.25) is 4.98 Å². The Morgan fingerprint density at radius 3 is 2.80 bits per heavy atom. The highest BCUT2D eigenvalue weighted by molar-refractivity contribution is 5.52. The average molecular weight is 281 g/mol. The van der Waals surface area contributed by atoms with E-state index in [1.807, 2.05) is 12.4 Å². The molecule has 5 nitrogen and oxygen atoms in total. The number of anilines is 1. The van der Waals surface area contributed by atoms with Crippen LogP contribution in [0.4, 0.5) is 5.69 Å². The van der Waals surface area contributed by atoms with Gasteiger partial charge < -0.3 is 19.7 Å². The van der Waals surface area contributed by atoms with Crippen molar-refractivity contribution in [2.75, 3.05) is 45.4 Å². The Morgan fingerprint density at radius 1 is 1.35 bits per heavy atom. The van der Waals surface area contributed by atoms with Crippen LogP contribution in [-0.4, -0.2) is 51.5 Å². The predicted octanol–water partition coefficient (Wildman–Crippen LogP) is 1.68. The molecular weight excluding hydrogens is 254 g/mol. The van der Waals surface area contributed by atoms with Gasteiger partial charge in [0.25, 0.3) is 0 Å². The number of aromatic nitrogens is 1. The molecule has 0 aliphatic carbocycles. The number of pyridine rings is 1. The van der Waals surface area contributed by atoms with E-state index in [-0.39, 0.29) is 6.04 Å². The third-order valence-corrected chi connectivity index (χ3v) is 3.24. The number of hydrogen-bond acceptors (Lipinski definition) is 5. The van der Waals surface area contributed by atoms with E-state index in [9.17, 15) is 0 Å². The lowest BCUT2D eigenvalue weighted by molar-refractivity contribution is 0.171. The van der Waals surface area contributed by atoms with Crippen molar-refractivity contribution in [2.45, 2.75) is 26.4 Å². The van der Waals surface area contributed by atoms with Gasteiger partial charge in [-0.15, -0.1) is 0 Å². The average Bonchev–Trinajstić information content (AvgIpc) is 2.47. The van der Waals surface area contributed by atoms with Gasteiger partial charge >= 0.3 is 0 Å². The first kappa shape index (κ1) is 16.9. The number of rotatable bonds is 10. The zero-order valence-corrected chi connectivity index (χ0v) is 13.1. The number of methoxy groups -OCH3 is 2. The van der Waals surface area contributed by atoms with Crippen LogP contribution < -0.4 is 10.2 Å². The first-order chi connectivity index (χ1) is 9.74. The van der Waals surface area contributed by atoms with Crippen LogP contribution in [-0.2, 0) is 16.0 Å². The van der Waals surface area contributed by atoms with Crippen LogP contribution in [0.1, 0.15) is 19.4 Å². The second-order valence-corrected chi connectivity index (χ2v) is 4.78. The van der Waals surface area contributed by atoms with Crippen molar-refractivity contribution in [3.63, 3.8) is 0 Å². The zero-order chi connectivity index (χ0) is 14.8. The van der Waals surface area contributed by atoms with E-state index in [0.29, 0.717) is 13.2 Å². The van der Waals surface area contributed by atoms with Crippen molar-refractivity contribution in [2.24, 2.45) is 0 Å². The summed E-state index contributed by atoms with van der Waals surface area (Å²) in [5.74, 6) is 0. The lowest BCUT2D eigenvalue weighted by Gasteiger charge is -2.32. The molecule has 0 aliphatic rings. The van der Waals surface area contributed by atoms with E-state index in [1.54, 1.807) is 14.2 Å². The molecule has 0 aromatic carbocycles. The molecule has 0 spiro atoms. The van der Waals surface area contributed by atoms with Crippen LogP contribution in [0.3, 0.4) is 0 Å². The highest BCUT2D eigenvalue weighted by atomic mass is 16.5. The van der Waals surface area contributed by atoms with Gasteiger partial charge in [0.15, 0.2) is 0 Å². The Balaban J connectivity index is 2.92. The quantitative estimate of drug-likeness (QED) is 0.707. The van der Waals surface area contributed by atoms with Gasteiger partial charge in [-0.1, -0.05) is 6.92 Å². The number of hydrogen-bond donors (Lipinski definition) is 1. The Kier molecular flexibility index (Phi) is 8.18. The van der Waals surface area contributed by atoms with E-state index in [4.69, 9.17) is 9.47 Å². The lowest BCUT2D eigenvalue weighted by atomic mass is 10.1. The second-order valence-electron chi connectivity index (χ2n) is 4.78. The molecule has 0 bridgehead atoms. The van der Waals surface area contributed by atoms with Crippen molar-refractivity contribution < 1.29 is 9.47 Å². The summed E-state index contributed by atoms with van der Waals surface area (Å²) in [6.45, 7) is 8.25. The molecule has 0 saturated heterocycles. The minimum Gasteiger partial charge on any atom is -0.383 e. The molecule has 0 amide bonds. The van der Waals surface area contributed by atoms with Crippen LogP contribution in [0.15, 0.2) is 18.5 Å². The third-order valence-electron chi connectivity index (χ3n) is 3.24. The van der Waals surface area contributed by atoms with Crippen molar-refractivity contribution in [1.29, 1.82) is 0 Å². The summed E-state index contributed by atoms with van der Waals surface area (Å²) in [6.07, 6.45) is 3.76. The van der Waals surface area contributed by atoms with Crippen LogP contribution in [0.2, 0.25) is 0 Å². The zero-order valence-electron chi connectivity index (χ0n) is 13.1. The van der Waals surface area contributed by atoms with Gasteiger partial charge in [-0.05, 0) is 25.1 Å². The molecule has 114 valence electrons. The third kappa shape index (κ3) is 5.07. The van der Waals surface area contributed by atoms with Crippen molar-refractivity contribution in [1.82, 2.24) is 10.3 Å². The Bertz CT molecular complexity index is 374. The molecular formula is C15H27N3O2. The summed E-state index contributed by atoms with van der Waals surface area (Å²) in [5.41, 5.74) is 2.40. The maximum atomic E-state index is 5.29. The smallest absolute Gasteiger partial charge is 0.0663 e. The van der Waals surface area contributed by atoms with E-state index < -0.39 is 0 Å². The fraction of sp³-hybridized carbons (Fsp3) is 0.667. The molecule has 0 saturated carbocycles. The normalized spacial score (nSPS) is 12.4. The Hall–Kier alpha value is -1.17. The van der Waals surface area contributed by atoms with Crippen molar-refractivity contribution in [3.8, 4) is 0 Å². The van der Waals surface area contributed by atoms with Gasteiger partial charge in [0.1, 0.15) is 0 Å². The minimum absolute atomic E-state index is 0.278. The van der Waals surface area contributed by atoms with Gasteiger partial charge in [0, 0.05) is 39.5 Å². The maximum Gasteiger partial charge on any atom is 0.0663 e. The topological polar surface area (TPSA) is 46.6 Å². The first-order valence-electron chi connectivity index (χ1n) is 7.12. The summed E-state index contributed by atoms with van der Waals surface area (Å²) in [5, 5.41) is 3.37. The number of nitrogens with zero attached hydrogens (tertiary/aromatic N) is 2. The van der Waals surface area contributed by atoms with E-state index in [0.717, 1.165) is 25.3 Å². The van der Waals surface area contributed by atoms with Crippen molar-refractivity contribution in [3.05, 3.63) is 24.0 Å². The molecule has 1 aromatic rings. The largest absolute Gasteiger partial charge is 0.383 e. The molecule has 1 rings (SSSR count). The summed E-state index contributed by atoms with van der Waals surface area (Å²) < 4.78 is 10.5. The fourth-order valence-electron chi connectivity index (χ4n) is 2.18. The Labute approximate surface area is 122 Å². The van der Waals surface area contributed by atoms with Crippen LogP contribution in [0, 0.1) is 0 Å². The number of ether oxygens (including phenoxy) is 2. The highest BCUT2D eigenvalue weighted by Crippen LogP contribution is 2.21. The van der Waals surface area contributed by atoms with Gasteiger partial charge in [-0.2, -0.15) is 0 Å². The maximum absolute atomic E-state index is 5.29. The standard InChI is InChI=1S/C15H27N3O2/c1-5-16-10-14-6-7-17-11-15(14)18(8-9-19-3)13(2)12-20-4/h6-7,11,13,16H,5,8-10,12H2,1-4H3. The summed E-state index contributed by atoms with van der Waals surface area (Å²) in [7, 11) is 3.45. The molecule has 20 heavy (non-hydrogen) atoms. The molecule has 1 atom stereocenters. The van der Waals surface area contributed by atoms with E-state index in [2.05, 4.69) is 35.1 Å². The summed E-state index contributed by atoms with van der Waals surface area (Å²) in [6, 6.07) is 2.34. The summed E-state index contributed by atoms with van der Waals surface area (Å²) >= 11 is 0. The second kappa shape index (κ2) is 9.69. The molecule has 5 heteroatoms. The highest BCUT2D eigenvalue weighted by Gasteiger charge is 2.17. The first-order valence-corrected chi connectivity index (χ1v) is 7.12. The SMILES string of the molecule is CCNCc1ccncc1N(CCOC)C(C)COC. The van der Waals surface area contributed by atoms with Crippen molar-refractivity contribution >= 4 is 5.69 Å². The molecule has 1 aromatic heterocycles. The molecule has 0 radical (unpaired) electrons. The molecule has 0 fully saturated rings. The van der Waals surface area contributed by atoms with Crippen LogP contribution in [0.25, 0.3) is 0 Å². The van der Waals surface area contributed by atoms with E-state index >= 15 is 0 Å². The van der Waals surface area contributed by atoms with Gasteiger partial charge in [0.2, 0.25) is 0 Å². The van der Waals surface area contributed by atoms with Gasteiger partial charge in [-0.25, -0.2) is 0 Å². The Morgan fingerprint density at radius 2 is 2.15 bits per heavy atom. The monoisotopic (exact) mass is 281 g/mol. The number of nitrogens with one attached hydrogen (secondary N) is 1. The molecule has 1 unspecified atom stereocenters. The molecule has 1 heterocycles. The summed E-state index contributed by atoms with van der Waals surface area (Å²) in [4.78, 5) is 6.57. The van der Waals surface area contributed by atoms with Crippen LogP contribution in [0.5, 0.6) is 0 Å². The molecule has 0 aliphatic heterocycles. The minimum atomic E-state index is 0.278. The predicted molar refractivity (Wildman–Crippen MR) is 82.2 cm³/mol. The lowest BCUT2D eigenvalue weighted by Crippen LogP contribution is -2.39. The fourth-order valence-corrected chi connectivity index (χ4v) is 2.18. The molecule has 1 N–H and O–H groups in total.